The summed E-state index contributed by atoms with van der Waals surface area (Å²) < 4.78 is 5.27. The first-order valence-corrected chi connectivity index (χ1v) is 8.87. The van der Waals surface area contributed by atoms with Gasteiger partial charge in [-0.1, -0.05) is 12.8 Å². The molecule has 22 heavy (non-hydrogen) atoms. The van der Waals surface area contributed by atoms with E-state index < -0.39 is 5.60 Å². The Bertz CT molecular complexity index is 340. The largest absolute Gasteiger partial charge is 0.444 e. The van der Waals surface area contributed by atoms with E-state index in [9.17, 15) is 4.79 Å². The van der Waals surface area contributed by atoms with Crippen LogP contribution in [0, 0.1) is 0 Å². The third kappa shape index (κ3) is 6.53. The molecule has 128 valence electrons. The Labute approximate surface area is 135 Å². The SMILES string of the molecule is CC(C)(C)OC(=O)NC1CC(NCCN2CCCCCC2)C1. The van der Waals surface area contributed by atoms with Gasteiger partial charge in [0, 0.05) is 25.2 Å². The predicted molar refractivity (Wildman–Crippen MR) is 89.1 cm³/mol. The number of amides is 1. The lowest BCUT2D eigenvalue weighted by Gasteiger charge is -2.37. The zero-order valence-electron chi connectivity index (χ0n) is 14.5. The van der Waals surface area contributed by atoms with Crippen LogP contribution in [0.2, 0.25) is 0 Å². The summed E-state index contributed by atoms with van der Waals surface area (Å²) in [5.41, 5.74) is -0.418. The molecule has 1 saturated heterocycles. The highest BCUT2D eigenvalue weighted by Gasteiger charge is 2.31. The Kier molecular flexibility index (Phi) is 6.50. The number of carbonyl (C=O) groups excluding carboxylic acids is 1. The van der Waals surface area contributed by atoms with Crippen LogP contribution in [0.25, 0.3) is 0 Å². The Morgan fingerprint density at radius 3 is 2.32 bits per heavy atom. The van der Waals surface area contributed by atoms with E-state index in [2.05, 4.69) is 15.5 Å². The number of rotatable bonds is 5. The fraction of sp³-hybridized carbons (Fsp3) is 0.941. The molecule has 1 saturated carbocycles. The van der Waals surface area contributed by atoms with Gasteiger partial charge in [0.2, 0.25) is 0 Å². The molecule has 5 heteroatoms. The van der Waals surface area contributed by atoms with E-state index in [1.54, 1.807) is 0 Å². The summed E-state index contributed by atoms with van der Waals surface area (Å²) in [5.74, 6) is 0. The minimum absolute atomic E-state index is 0.269. The molecule has 1 amide bonds. The Hall–Kier alpha value is -0.810. The van der Waals surface area contributed by atoms with E-state index in [1.807, 2.05) is 20.8 Å². The van der Waals surface area contributed by atoms with Gasteiger partial charge in [-0.3, -0.25) is 0 Å². The van der Waals surface area contributed by atoms with Crippen LogP contribution in [-0.4, -0.2) is 54.9 Å². The van der Waals surface area contributed by atoms with E-state index in [4.69, 9.17) is 4.74 Å². The molecule has 1 heterocycles. The molecular weight excluding hydrogens is 278 g/mol. The van der Waals surface area contributed by atoms with Crippen LogP contribution in [0.1, 0.15) is 59.3 Å². The monoisotopic (exact) mass is 311 g/mol. The zero-order chi connectivity index (χ0) is 16.0. The molecule has 2 fully saturated rings. The van der Waals surface area contributed by atoms with Gasteiger partial charge in [0.15, 0.2) is 0 Å². The molecule has 2 N–H and O–H groups in total. The van der Waals surface area contributed by atoms with Gasteiger partial charge in [0.25, 0.3) is 0 Å². The quantitative estimate of drug-likeness (QED) is 0.819. The third-order valence-electron chi connectivity index (χ3n) is 4.42. The molecule has 2 aliphatic rings. The second-order valence-corrected chi connectivity index (χ2v) is 7.72. The Balaban J connectivity index is 1.51. The predicted octanol–water partition coefficient (Wildman–Crippen LogP) is 2.51. The van der Waals surface area contributed by atoms with Crippen molar-refractivity contribution in [2.75, 3.05) is 26.2 Å². The van der Waals surface area contributed by atoms with E-state index in [1.165, 1.54) is 38.8 Å². The molecule has 2 rings (SSSR count). The normalized spacial score (nSPS) is 26.9. The van der Waals surface area contributed by atoms with Crippen LogP contribution in [0.5, 0.6) is 0 Å². The maximum Gasteiger partial charge on any atom is 0.407 e. The van der Waals surface area contributed by atoms with E-state index >= 15 is 0 Å². The topological polar surface area (TPSA) is 53.6 Å². The maximum absolute atomic E-state index is 11.7. The maximum atomic E-state index is 11.7. The van der Waals surface area contributed by atoms with Gasteiger partial charge in [0.05, 0.1) is 0 Å². The second-order valence-electron chi connectivity index (χ2n) is 7.72. The number of ether oxygens (including phenoxy) is 1. The van der Waals surface area contributed by atoms with Crippen LogP contribution in [0.3, 0.4) is 0 Å². The number of hydrogen-bond donors (Lipinski definition) is 2. The van der Waals surface area contributed by atoms with Crippen molar-refractivity contribution in [3.05, 3.63) is 0 Å². The van der Waals surface area contributed by atoms with Gasteiger partial charge >= 0.3 is 6.09 Å². The second kappa shape index (κ2) is 8.16. The number of hydrogen-bond acceptors (Lipinski definition) is 4. The van der Waals surface area contributed by atoms with Gasteiger partial charge in [-0.15, -0.1) is 0 Å². The number of alkyl carbamates (subject to hydrolysis) is 1. The van der Waals surface area contributed by atoms with Crippen molar-refractivity contribution < 1.29 is 9.53 Å². The molecule has 1 aliphatic carbocycles. The molecule has 5 nitrogen and oxygen atoms in total. The summed E-state index contributed by atoms with van der Waals surface area (Å²) in [7, 11) is 0. The van der Waals surface area contributed by atoms with Crippen molar-refractivity contribution >= 4 is 6.09 Å². The summed E-state index contributed by atoms with van der Waals surface area (Å²) in [6.07, 6.45) is 7.23. The molecule has 0 aromatic rings. The van der Waals surface area contributed by atoms with Crippen molar-refractivity contribution in [3.63, 3.8) is 0 Å². The summed E-state index contributed by atoms with van der Waals surface area (Å²) >= 11 is 0. The summed E-state index contributed by atoms with van der Waals surface area (Å²) in [6, 6.07) is 0.817. The number of nitrogens with zero attached hydrogens (tertiary/aromatic N) is 1. The zero-order valence-corrected chi connectivity index (χ0v) is 14.5. The van der Waals surface area contributed by atoms with Crippen LogP contribution in [0.4, 0.5) is 4.79 Å². The molecule has 0 bridgehead atoms. The highest BCUT2D eigenvalue weighted by atomic mass is 16.6. The smallest absolute Gasteiger partial charge is 0.407 e. The fourth-order valence-electron chi connectivity index (χ4n) is 3.16. The van der Waals surface area contributed by atoms with Gasteiger partial charge in [0.1, 0.15) is 5.60 Å². The number of likely N-dealkylation sites (tertiary alicyclic amines) is 1. The Morgan fingerprint density at radius 2 is 1.73 bits per heavy atom. The molecule has 0 aromatic heterocycles. The number of carbonyl (C=O) groups is 1. The lowest BCUT2D eigenvalue weighted by molar-refractivity contribution is 0.0465. The van der Waals surface area contributed by atoms with Crippen molar-refractivity contribution in [1.82, 2.24) is 15.5 Å². The van der Waals surface area contributed by atoms with Gasteiger partial charge < -0.3 is 20.3 Å². The van der Waals surface area contributed by atoms with Gasteiger partial charge in [-0.2, -0.15) is 0 Å². The highest BCUT2D eigenvalue weighted by molar-refractivity contribution is 5.68. The molecule has 1 aliphatic heterocycles. The van der Waals surface area contributed by atoms with Crippen molar-refractivity contribution in [2.24, 2.45) is 0 Å². The number of nitrogens with one attached hydrogen (secondary N) is 2. The first-order chi connectivity index (χ1) is 10.4. The molecule has 0 spiro atoms. The van der Waals surface area contributed by atoms with Crippen molar-refractivity contribution in [3.8, 4) is 0 Å². The van der Waals surface area contributed by atoms with Crippen LogP contribution < -0.4 is 10.6 Å². The lowest BCUT2D eigenvalue weighted by Crippen LogP contribution is -2.54. The third-order valence-corrected chi connectivity index (χ3v) is 4.42. The molecule has 0 atom stereocenters. The van der Waals surface area contributed by atoms with Crippen LogP contribution in [-0.2, 0) is 4.74 Å². The molecule has 0 aromatic carbocycles. The Morgan fingerprint density at radius 1 is 1.09 bits per heavy atom. The molecular formula is C17H33N3O2. The summed E-state index contributed by atoms with van der Waals surface area (Å²) in [5, 5.41) is 6.54. The molecule has 0 radical (unpaired) electrons. The minimum atomic E-state index is -0.418. The first kappa shape index (κ1) is 17.5. The average molecular weight is 311 g/mol. The summed E-state index contributed by atoms with van der Waals surface area (Å²) in [4.78, 5) is 14.2. The highest BCUT2D eigenvalue weighted by Crippen LogP contribution is 2.20. The van der Waals surface area contributed by atoms with Gasteiger partial charge in [-0.25, -0.2) is 4.79 Å². The molecule has 0 unspecified atom stereocenters. The van der Waals surface area contributed by atoms with Gasteiger partial charge in [-0.05, 0) is 59.5 Å². The van der Waals surface area contributed by atoms with Crippen LogP contribution in [0.15, 0.2) is 0 Å². The van der Waals surface area contributed by atoms with E-state index in [-0.39, 0.29) is 12.1 Å². The van der Waals surface area contributed by atoms with Crippen molar-refractivity contribution in [1.29, 1.82) is 0 Å². The fourth-order valence-corrected chi connectivity index (χ4v) is 3.16. The summed E-state index contributed by atoms with van der Waals surface area (Å²) in [6.45, 7) is 10.4. The first-order valence-electron chi connectivity index (χ1n) is 8.87. The van der Waals surface area contributed by atoms with Crippen molar-refractivity contribution in [2.45, 2.75) is 77.0 Å². The van der Waals surface area contributed by atoms with Crippen LogP contribution >= 0.6 is 0 Å². The lowest BCUT2D eigenvalue weighted by atomic mass is 9.87. The van der Waals surface area contributed by atoms with E-state index in [0.29, 0.717) is 6.04 Å². The standard InChI is InChI=1S/C17H33N3O2/c1-17(2,3)22-16(21)19-15-12-14(13-15)18-8-11-20-9-6-4-5-7-10-20/h14-15,18H,4-13H2,1-3H3,(H,19,21). The average Bonchev–Trinajstić information content (AvgIpc) is 2.62. The minimum Gasteiger partial charge on any atom is -0.444 e. The van der Waals surface area contributed by atoms with E-state index in [0.717, 1.165) is 25.9 Å².